The molecule has 3 rings (SSSR count). The number of carbonyl (C=O) groups is 1. The Morgan fingerprint density at radius 1 is 1.33 bits per heavy atom. The number of thiazole rings is 1. The van der Waals surface area contributed by atoms with Gasteiger partial charge in [-0.1, -0.05) is 18.7 Å². The van der Waals surface area contributed by atoms with Crippen LogP contribution in [0.4, 0.5) is 5.69 Å². The number of hydrogen-bond acceptors (Lipinski definition) is 6. The number of carbonyl (C=O) groups excluding carboxylic acids is 1. The second-order valence-corrected chi connectivity index (χ2v) is 7.18. The molecular weight excluding hydrogens is 344 g/mol. The van der Waals surface area contributed by atoms with E-state index in [1.165, 1.54) is 16.8 Å². The predicted octanol–water partition coefficient (Wildman–Crippen LogP) is 3.24. The molecule has 0 unspecified atom stereocenters. The van der Waals surface area contributed by atoms with Crippen LogP contribution in [0, 0.1) is 0 Å². The molecule has 0 aliphatic heterocycles. The van der Waals surface area contributed by atoms with Gasteiger partial charge in [0.05, 0.1) is 10.2 Å². The largest absolute Gasteiger partial charge is 0.321 e. The maximum Gasteiger partial charge on any atom is 0.276 e. The van der Waals surface area contributed by atoms with Crippen molar-refractivity contribution in [2.24, 2.45) is 0 Å². The molecule has 8 heteroatoms. The summed E-state index contributed by atoms with van der Waals surface area (Å²) in [7, 11) is 0. The van der Waals surface area contributed by atoms with Gasteiger partial charge >= 0.3 is 0 Å². The van der Waals surface area contributed by atoms with Crippen molar-refractivity contribution in [2.75, 3.05) is 11.6 Å². The molecule has 2 aromatic heterocycles. The summed E-state index contributed by atoms with van der Waals surface area (Å²) < 4.78 is 3.31. The summed E-state index contributed by atoms with van der Waals surface area (Å²) in [6, 6.07) is 8.40. The molecule has 124 valence electrons. The van der Waals surface area contributed by atoms with Crippen molar-refractivity contribution in [1.82, 2.24) is 14.8 Å². The van der Waals surface area contributed by atoms with Crippen LogP contribution in [0.25, 0.3) is 10.2 Å². The highest BCUT2D eigenvalue weighted by Crippen LogP contribution is 2.30. The van der Waals surface area contributed by atoms with E-state index in [1.54, 1.807) is 23.1 Å². The van der Waals surface area contributed by atoms with Crippen molar-refractivity contribution in [3.05, 3.63) is 46.4 Å². The topological polar surface area (TPSA) is 76.9 Å². The maximum atomic E-state index is 12.4. The number of anilines is 1. The predicted molar refractivity (Wildman–Crippen MR) is 98.1 cm³/mol. The first kappa shape index (κ1) is 16.7. The highest BCUT2D eigenvalue weighted by molar-refractivity contribution is 8.00. The van der Waals surface area contributed by atoms with E-state index in [-0.39, 0.29) is 17.2 Å². The fourth-order valence-corrected chi connectivity index (χ4v) is 3.73. The van der Waals surface area contributed by atoms with Crippen LogP contribution < -0.4 is 10.9 Å². The Labute approximate surface area is 146 Å². The summed E-state index contributed by atoms with van der Waals surface area (Å²) in [4.78, 5) is 28.5. The molecule has 0 saturated heterocycles. The van der Waals surface area contributed by atoms with E-state index in [0.29, 0.717) is 12.2 Å². The lowest BCUT2D eigenvalue weighted by Gasteiger charge is -2.07. The molecule has 0 aliphatic rings. The van der Waals surface area contributed by atoms with Crippen LogP contribution >= 0.6 is 23.1 Å². The van der Waals surface area contributed by atoms with Crippen LogP contribution in [0.3, 0.4) is 0 Å². The second kappa shape index (κ2) is 7.14. The first-order valence-electron chi connectivity index (χ1n) is 7.45. The number of nitrogens with one attached hydrogen (secondary N) is 1. The van der Waals surface area contributed by atoms with Crippen LogP contribution in [0.15, 0.2) is 39.5 Å². The van der Waals surface area contributed by atoms with Crippen molar-refractivity contribution in [1.29, 1.82) is 0 Å². The first-order valence-corrected chi connectivity index (χ1v) is 9.49. The van der Waals surface area contributed by atoms with E-state index >= 15 is 0 Å². The van der Waals surface area contributed by atoms with Crippen LogP contribution in [0.2, 0.25) is 0 Å². The van der Waals surface area contributed by atoms with Crippen LogP contribution in [-0.2, 0) is 6.54 Å². The molecular formula is C16H16N4O2S2. The normalized spacial score (nSPS) is 10.9. The van der Waals surface area contributed by atoms with Gasteiger partial charge in [-0.3, -0.25) is 9.59 Å². The number of hydrogen-bond donors (Lipinski definition) is 1. The van der Waals surface area contributed by atoms with Crippen LogP contribution in [-0.4, -0.2) is 26.9 Å². The van der Waals surface area contributed by atoms with E-state index in [0.717, 1.165) is 21.0 Å². The van der Waals surface area contributed by atoms with Gasteiger partial charge in [-0.2, -0.15) is 5.10 Å². The van der Waals surface area contributed by atoms with E-state index in [2.05, 4.69) is 15.4 Å². The number of benzene rings is 1. The Balaban J connectivity index is 1.84. The second-order valence-electron chi connectivity index (χ2n) is 5.10. The Hall–Kier alpha value is -2.19. The molecule has 0 atom stereocenters. The van der Waals surface area contributed by atoms with Gasteiger partial charge in [0.2, 0.25) is 0 Å². The Kier molecular flexibility index (Phi) is 4.96. The van der Waals surface area contributed by atoms with Gasteiger partial charge in [0, 0.05) is 18.3 Å². The van der Waals surface area contributed by atoms with E-state index < -0.39 is 0 Å². The number of fused-ring (bicyclic) bond motifs is 1. The van der Waals surface area contributed by atoms with Gasteiger partial charge in [-0.15, -0.1) is 11.3 Å². The fraction of sp³-hybridized carbons (Fsp3) is 0.250. The molecule has 0 radical (unpaired) electrons. The Morgan fingerprint density at radius 3 is 2.92 bits per heavy atom. The fourth-order valence-electron chi connectivity index (χ4n) is 2.21. The molecule has 1 amide bonds. The summed E-state index contributed by atoms with van der Waals surface area (Å²) in [6.07, 6.45) is 2.76. The van der Waals surface area contributed by atoms with Crippen LogP contribution in [0.1, 0.15) is 23.8 Å². The van der Waals surface area contributed by atoms with E-state index in [1.807, 2.05) is 31.4 Å². The summed E-state index contributed by atoms with van der Waals surface area (Å²) in [5.41, 5.74) is 1.61. The average Bonchev–Trinajstić information content (AvgIpc) is 2.99. The lowest BCUT2D eigenvalue weighted by molar-refractivity contribution is 0.102. The van der Waals surface area contributed by atoms with Crippen LogP contribution in [0.5, 0.6) is 0 Å². The average molecular weight is 360 g/mol. The van der Waals surface area contributed by atoms with Crippen molar-refractivity contribution in [3.63, 3.8) is 0 Å². The third-order valence-corrected chi connectivity index (χ3v) is 5.34. The number of aromatic nitrogens is 3. The molecule has 0 spiro atoms. The zero-order chi connectivity index (χ0) is 17.1. The minimum Gasteiger partial charge on any atom is -0.321 e. The molecule has 1 aromatic carbocycles. The zero-order valence-electron chi connectivity index (χ0n) is 13.3. The number of rotatable bonds is 5. The van der Waals surface area contributed by atoms with Gasteiger partial charge in [0.15, 0.2) is 4.34 Å². The molecule has 6 nitrogen and oxygen atoms in total. The SMILES string of the molecule is CCCn1nc(C(=O)Nc2ccc3nc(SC)sc3c2)ccc1=O. The van der Waals surface area contributed by atoms with E-state index in [4.69, 9.17) is 0 Å². The summed E-state index contributed by atoms with van der Waals surface area (Å²) in [6.45, 7) is 2.44. The molecule has 0 saturated carbocycles. The quantitative estimate of drug-likeness (QED) is 0.707. The molecule has 0 bridgehead atoms. The molecule has 2 heterocycles. The summed E-state index contributed by atoms with van der Waals surface area (Å²) >= 11 is 3.18. The van der Waals surface area contributed by atoms with E-state index in [9.17, 15) is 9.59 Å². The number of thioether (sulfide) groups is 1. The van der Waals surface area contributed by atoms with Gasteiger partial charge in [0.1, 0.15) is 5.69 Å². The molecule has 1 N–H and O–H groups in total. The Bertz CT molecular complexity index is 949. The summed E-state index contributed by atoms with van der Waals surface area (Å²) in [5, 5.41) is 6.94. The van der Waals surface area contributed by atoms with Crippen molar-refractivity contribution < 1.29 is 4.79 Å². The highest BCUT2D eigenvalue weighted by atomic mass is 32.2. The van der Waals surface area contributed by atoms with Crippen molar-refractivity contribution >= 4 is 44.9 Å². The minimum atomic E-state index is -0.339. The molecule has 0 aliphatic carbocycles. The van der Waals surface area contributed by atoms with Gasteiger partial charge < -0.3 is 5.32 Å². The van der Waals surface area contributed by atoms with Crippen molar-refractivity contribution in [3.8, 4) is 0 Å². The van der Waals surface area contributed by atoms with Gasteiger partial charge in [-0.25, -0.2) is 9.67 Å². The van der Waals surface area contributed by atoms with Crippen molar-refractivity contribution in [2.45, 2.75) is 24.2 Å². The highest BCUT2D eigenvalue weighted by Gasteiger charge is 2.11. The molecule has 24 heavy (non-hydrogen) atoms. The first-order chi connectivity index (χ1) is 11.6. The van der Waals surface area contributed by atoms with Gasteiger partial charge in [-0.05, 0) is 36.9 Å². The molecule has 0 fully saturated rings. The minimum absolute atomic E-state index is 0.205. The standard InChI is InChI=1S/C16H16N4O2S2/c1-3-8-20-14(21)7-6-12(19-20)15(22)17-10-4-5-11-13(9-10)24-16(18-11)23-2/h4-7,9H,3,8H2,1-2H3,(H,17,22). The lowest BCUT2D eigenvalue weighted by Crippen LogP contribution is -2.26. The zero-order valence-corrected chi connectivity index (χ0v) is 14.9. The monoisotopic (exact) mass is 360 g/mol. The lowest BCUT2D eigenvalue weighted by atomic mass is 10.3. The third-order valence-electron chi connectivity index (χ3n) is 3.34. The third kappa shape index (κ3) is 3.49. The maximum absolute atomic E-state index is 12.4. The number of aryl methyl sites for hydroxylation is 1. The van der Waals surface area contributed by atoms with Gasteiger partial charge in [0.25, 0.3) is 11.5 Å². The smallest absolute Gasteiger partial charge is 0.276 e. The summed E-state index contributed by atoms with van der Waals surface area (Å²) in [5.74, 6) is -0.339. The molecule has 3 aromatic rings. The Morgan fingerprint density at radius 2 is 2.17 bits per heavy atom. The number of amides is 1. The number of nitrogens with zero attached hydrogens (tertiary/aromatic N) is 3.